The largest absolute Gasteiger partial charge is 0.342 e. The van der Waals surface area contributed by atoms with Crippen molar-refractivity contribution in [1.29, 1.82) is 0 Å². The predicted molar refractivity (Wildman–Crippen MR) is 94.2 cm³/mol. The van der Waals surface area contributed by atoms with Crippen LogP contribution < -0.4 is 0 Å². The van der Waals surface area contributed by atoms with E-state index in [1.165, 1.54) is 0 Å². The third-order valence-electron chi connectivity index (χ3n) is 4.40. The van der Waals surface area contributed by atoms with Gasteiger partial charge in [-0.05, 0) is 25.1 Å². The maximum atomic E-state index is 4.64. The molecular weight excluding hydrogens is 300 g/mol. The van der Waals surface area contributed by atoms with Gasteiger partial charge >= 0.3 is 0 Å². The summed E-state index contributed by atoms with van der Waals surface area (Å²) in [4.78, 5) is 16.9. The van der Waals surface area contributed by atoms with Crippen LogP contribution in [0.25, 0.3) is 28.2 Å². The van der Waals surface area contributed by atoms with E-state index in [1.54, 1.807) is 0 Å². The van der Waals surface area contributed by atoms with Gasteiger partial charge in [0.2, 0.25) is 0 Å². The molecule has 122 valence electrons. The van der Waals surface area contributed by atoms with Crippen molar-refractivity contribution in [3.63, 3.8) is 0 Å². The first-order chi connectivity index (χ1) is 11.5. The van der Waals surface area contributed by atoms with E-state index in [-0.39, 0.29) is 0 Å². The van der Waals surface area contributed by atoms with Crippen molar-refractivity contribution >= 4 is 11.0 Å². The monoisotopic (exact) mass is 320 g/mol. The van der Waals surface area contributed by atoms with Gasteiger partial charge in [0.15, 0.2) is 5.82 Å². The zero-order valence-electron chi connectivity index (χ0n) is 14.3. The molecule has 0 saturated heterocycles. The maximum Gasteiger partial charge on any atom is 0.162 e. The summed E-state index contributed by atoms with van der Waals surface area (Å²) in [6.07, 6.45) is 5.65. The molecule has 6 nitrogen and oxygen atoms in total. The molecule has 1 N–H and O–H groups in total. The molecule has 0 radical (unpaired) electrons. The number of aryl methyl sites for hydroxylation is 1. The Morgan fingerprint density at radius 1 is 1.17 bits per heavy atom. The van der Waals surface area contributed by atoms with Gasteiger partial charge in [-0.3, -0.25) is 4.57 Å². The highest BCUT2D eigenvalue weighted by Crippen LogP contribution is 2.25. The normalized spacial score (nSPS) is 11.7. The van der Waals surface area contributed by atoms with E-state index in [0.717, 1.165) is 39.9 Å². The average Bonchev–Trinajstić information content (AvgIpc) is 3.26. The molecule has 0 amide bonds. The van der Waals surface area contributed by atoms with Gasteiger partial charge in [-0.1, -0.05) is 13.8 Å². The van der Waals surface area contributed by atoms with Gasteiger partial charge in [-0.25, -0.2) is 15.0 Å². The van der Waals surface area contributed by atoms with Gasteiger partial charge in [0, 0.05) is 31.0 Å². The number of rotatable bonds is 3. The van der Waals surface area contributed by atoms with Gasteiger partial charge in [-0.15, -0.1) is 0 Å². The van der Waals surface area contributed by atoms with Crippen molar-refractivity contribution in [3.8, 4) is 17.2 Å². The van der Waals surface area contributed by atoms with E-state index in [4.69, 9.17) is 0 Å². The van der Waals surface area contributed by atoms with Crippen molar-refractivity contribution in [2.45, 2.75) is 26.7 Å². The van der Waals surface area contributed by atoms with Crippen molar-refractivity contribution < 1.29 is 0 Å². The fraction of sp³-hybridized carbons (Fsp3) is 0.278. The van der Waals surface area contributed by atoms with Crippen LogP contribution in [-0.4, -0.2) is 29.1 Å². The summed E-state index contributed by atoms with van der Waals surface area (Å²) in [6, 6.07) is 6.23. The lowest BCUT2D eigenvalue weighted by Gasteiger charge is -2.08. The minimum atomic E-state index is 0.377. The number of benzene rings is 1. The molecule has 0 fully saturated rings. The Bertz CT molecular complexity index is 1020. The van der Waals surface area contributed by atoms with Crippen LogP contribution in [0, 0.1) is 6.92 Å². The zero-order valence-corrected chi connectivity index (χ0v) is 14.3. The van der Waals surface area contributed by atoms with Crippen LogP contribution in [0.2, 0.25) is 0 Å². The summed E-state index contributed by atoms with van der Waals surface area (Å²) < 4.78 is 4.12. The first kappa shape index (κ1) is 14.7. The standard InChI is InChI=1S/C18H20N6/c1-11(2)17-21-14-6-5-13(9-15(14)22-17)24-8-7-19-18(24)16-10-20-12(3)23(16)4/h5-11H,1-4H3,(H,21,22). The molecule has 24 heavy (non-hydrogen) atoms. The van der Waals surface area contributed by atoms with Gasteiger partial charge < -0.3 is 9.55 Å². The number of imidazole rings is 3. The van der Waals surface area contributed by atoms with Gasteiger partial charge in [-0.2, -0.15) is 0 Å². The van der Waals surface area contributed by atoms with Crippen LogP contribution in [0.3, 0.4) is 0 Å². The van der Waals surface area contributed by atoms with Crippen LogP contribution in [0.15, 0.2) is 36.8 Å². The molecule has 3 heterocycles. The predicted octanol–water partition coefficient (Wildman–Crippen LogP) is 3.58. The SMILES string of the molecule is Cc1ncc(-c2nccn2-c2ccc3nc(C(C)C)[nH]c3c2)n1C. The van der Waals surface area contributed by atoms with Crippen LogP contribution in [0.1, 0.15) is 31.4 Å². The van der Waals surface area contributed by atoms with Crippen LogP contribution in [-0.2, 0) is 7.05 Å². The summed E-state index contributed by atoms with van der Waals surface area (Å²) in [6.45, 7) is 6.26. The van der Waals surface area contributed by atoms with E-state index in [0.29, 0.717) is 5.92 Å². The quantitative estimate of drug-likeness (QED) is 0.627. The second kappa shape index (κ2) is 5.33. The number of nitrogens with zero attached hydrogens (tertiary/aromatic N) is 5. The lowest BCUT2D eigenvalue weighted by molar-refractivity contribution is 0.799. The number of aromatic nitrogens is 6. The topological polar surface area (TPSA) is 64.3 Å². The molecular formula is C18H20N6. The number of hydrogen-bond donors (Lipinski definition) is 1. The molecule has 0 aliphatic heterocycles. The molecule has 4 aromatic rings. The number of aromatic amines is 1. The molecule has 0 atom stereocenters. The Morgan fingerprint density at radius 3 is 2.71 bits per heavy atom. The molecule has 0 bridgehead atoms. The highest BCUT2D eigenvalue weighted by Gasteiger charge is 2.14. The summed E-state index contributed by atoms with van der Waals surface area (Å²) in [5, 5.41) is 0. The molecule has 4 rings (SSSR count). The summed E-state index contributed by atoms with van der Waals surface area (Å²) in [5.74, 6) is 3.23. The lowest BCUT2D eigenvalue weighted by Crippen LogP contribution is -2.01. The van der Waals surface area contributed by atoms with Crippen molar-refractivity contribution in [1.82, 2.24) is 29.1 Å². The number of nitrogens with one attached hydrogen (secondary N) is 1. The van der Waals surface area contributed by atoms with Gasteiger partial charge in [0.25, 0.3) is 0 Å². The zero-order chi connectivity index (χ0) is 16.8. The molecule has 0 unspecified atom stereocenters. The summed E-state index contributed by atoms with van der Waals surface area (Å²) >= 11 is 0. The number of H-pyrrole nitrogens is 1. The molecule has 0 aliphatic carbocycles. The first-order valence-corrected chi connectivity index (χ1v) is 8.06. The molecule has 1 aromatic carbocycles. The van der Waals surface area contributed by atoms with E-state index in [1.807, 2.05) is 43.2 Å². The fourth-order valence-corrected chi connectivity index (χ4v) is 2.85. The highest BCUT2D eigenvalue weighted by atomic mass is 15.1. The highest BCUT2D eigenvalue weighted by molar-refractivity contribution is 5.78. The third kappa shape index (κ3) is 2.22. The first-order valence-electron chi connectivity index (χ1n) is 8.06. The van der Waals surface area contributed by atoms with Crippen LogP contribution in [0.5, 0.6) is 0 Å². The van der Waals surface area contributed by atoms with Crippen LogP contribution >= 0.6 is 0 Å². The van der Waals surface area contributed by atoms with Crippen molar-refractivity contribution in [2.24, 2.45) is 7.05 Å². The number of fused-ring (bicyclic) bond motifs is 1. The van der Waals surface area contributed by atoms with Crippen molar-refractivity contribution in [3.05, 3.63) is 48.4 Å². The molecule has 3 aromatic heterocycles. The van der Waals surface area contributed by atoms with Gasteiger partial charge in [0.1, 0.15) is 17.3 Å². The van der Waals surface area contributed by atoms with E-state index < -0.39 is 0 Å². The maximum absolute atomic E-state index is 4.64. The molecule has 0 saturated carbocycles. The fourth-order valence-electron chi connectivity index (χ4n) is 2.85. The van der Waals surface area contributed by atoms with Crippen molar-refractivity contribution in [2.75, 3.05) is 0 Å². The lowest BCUT2D eigenvalue weighted by atomic mass is 10.2. The van der Waals surface area contributed by atoms with Crippen LogP contribution in [0.4, 0.5) is 0 Å². The van der Waals surface area contributed by atoms with Gasteiger partial charge in [0.05, 0.1) is 17.2 Å². The molecule has 0 spiro atoms. The Labute approximate surface area is 140 Å². The average molecular weight is 320 g/mol. The number of hydrogen-bond acceptors (Lipinski definition) is 3. The smallest absolute Gasteiger partial charge is 0.162 e. The Hall–Kier alpha value is -2.89. The van der Waals surface area contributed by atoms with E-state index >= 15 is 0 Å². The second-order valence-electron chi connectivity index (χ2n) is 6.35. The second-order valence-corrected chi connectivity index (χ2v) is 6.35. The summed E-state index contributed by atoms with van der Waals surface area (Å²) in [7, 11) is 2.00. The Balaban J connectivity index is 1.84. The third-order valence-corrected chi connectivity index (χ3v) is 4.40. The van der Waals surface area contributed by atoms with E-state index in [2.05, 4.69) is 50.5 Å². The minimum Gasteiger partial charge on any atom is -0.342 e. The summed E-state index contributed by atoms with van der Waals surface area (Å²) in [5.41, 5.74) is 4.07. The van der Waals surface area contributed by atoms with E-state index in [9.17, 15) is 0 Å². The minimum absolute atomic E-state index is 0.377. The molecule has 0 aliphatic rings. The molecule has 6 heteroatoms. The Kier molecular flexibility index (Phi) is 3.26. The Morgan fingerprint density at radius 2 is 2.00 bits per heavy atom.